The maximum atomic E-state index is 13.8. The molecule has 1 aromatic heterocycles. The minimum absolute atomic E-state index is 0.0184. The molecule has 3 aromatic carbocycles. The third-order valence-corrected chi connectivity index (χ3v) is 6.40. The number of amides is 2. The molecule has 0 bridgehead atoms. The van der Waals surface area contributed by atoms with E-state index < -0.39 is 6.04 Å². The highest BCUT2D eigenvalue weighted by Crippen LogP contribution is 2.37. The van der Waals surface area contributed by atoms with Crippen molar-refractivity contribution in [3.63, 3.8) is 0 Å². The van der Waals surface area contributed by atoms with Crippen LogP contribution in [-0.4, -0.2) is 26.3 Å². The van der Waals surface area contributed by atoms with E-state index in [9.17, 15) is 9.59 Å². The average molecular weight is 459 g/mol. The van der Waals surface area contributed by atoms with Crippen LogP contribution in [0.1, 0.15) is 36.8 Å². The molecule has 0 saturated carbocycles. The van der Waals surface area contributed by atoms with Crippen molar-refractivity contribution < 1.29 is 9.59 Å². The number of nitrogens with one attached hydrogen (secondary N) is 1. The van der Waals surface area contributed by atoms with Gasteiger partial charge in [0.2, 0.25) is 11.8 Å². The molecule has 2 amide bonds. The first-order valence-corrected chi connectivity index (χ1v) is 11.3. The summed E-state index contributed by atoms with van der Waals surface area (Å²) < 4.78 is 1.93. The Kier molecular flexibility index (Phi) is 5.60. The number of imidazole rings is 1. The summed E-state index contributed by atoms with van der Waals surface area (Å²) in [5, 5.41) is 3.30. The lowest BCUT2D eigenvalue weighted by Crippen LogP contribution is -2.45. The highest BCUT2D eigenvalue weighted by molar-refractivity contribution is 6.33. The fourth-order valence-electron chi connectivity index (χ4n) is 4.43. The molecule has 2 heterocycles. The largest absolute Gasteiger partial charge is 0.327 e. The quantitative estimate of drug-likeness (QED) is 0.437. The van der Waals surface area contributed by atoms with Gasteiger partial charge in [-0.15, -0.1) is 0 Å². The van der Waals surface area contributed by atoms with Crippen LogP contribution in [0.3, 0.4) is 0 Å². The van der Waals surface area contributed by atoms with Gasteiger partial charge in [-0.25, -0.2) is 4.98 Å². The first kappa shape index (κ1) is 21.2. The van der Waals surface area contributed by atoms with Crippen molar-refractivity contribution in [1.82, 2.24) is 14.5 Å². The zero-order valence-corrected chi connectivity index (χ0v) is 18.9. The summed E-state index contributed by atoms with van der Waals surface area (Å²) in [6, 6.07) is 23.7. The Morgan fingerprint density at radius 1 is 1.00 bits per heavy atom. The number of para-hydroxylation sites is 3. The predicted molar refractivity (Wildman–Crippen MR) is 129 cm³/mol. The number of rotatable bonds is 5. The summed E-state index contributed by atoms with van der Waals surface area (Å²) >= 11 is 6.21. The number of hydrogen-bond acceptors (Lipinski definition) is 3. The molecule has 166 valence electrons. The zero-order chi connectivity index (χ0) is 22.9. The minimum Gasteiger partial charge on any atom is -0.327 e. The van der Waals surface area contributed by atoms with E-state index in [1.54, 1.807) is 24.3 Å². The Bertz CT molecular complexity index is 1330. The van der Waals surface area contributed by atoms with Gasteiger partial charge in [-0.3, -0.25) is 9.59 Å². The van der Waals surface area contributed by atoms with Crippen LogP contribution in [0.15, 0.2) is 78.9 Å². The average Bonchev–Trinajstić information content (AvgIpc) is 3.21. The van der Waals surface area contributed by atoms with E-state index in [4.69, 9.17) is 16.6 Å². The summed E-state index contributed by atoms with van der Waals surface area (Å²) in [5.74, 6) is 0.401. The van der Waals surface area contributed by atoms with Gasteiger partial charge in [0.05, 0.1) is 34.2 Å². The second kappa shape index (κ2) is 8.71. The minimum atomic E-state index is -0.699. The maximum Gasteiger partial charge on any atom is 0.247 e. The molecule has 0 radical (unpaired) electrons. The van der Waals surface area contributed by atoms with Crippen molar-refractivity contribution in [3.05, 3.63) is 95.3 Å². The number of carbonyl (C=O) groups excluding carboxylic acids is 2. The number of fused-ring (bicyclic) bond motifs is 3. The van der Waals surface area contributed by atoms with E-state index in [1.807, 2.05) is 71.0 Å². The lowest BCUT2D eigenvalue weighted by Gasteiger charge is -2.38. The smallest absolute Gasteiger partial charge is 0.247 e. The number of hydrogen-bond donors (Lipinski definition) is 1. The molecule has 6 nitrogen and oxygen atoms in total. The van der Waals surface area contributed by atoms with Gasteiger partial charge in [0.15, 0.2) is 0 Å². The fourth-order valence-corrected chi connectivity index (χ4v) is 4.61. The van der Waals surface area contributed by atoms with Crippen LogP contribution in [0.25, 0.3) is 11.0 Å². The highest BCUT2D eigenvalue weighted by atomic mass is 35.5. The molecule has 5 rings (SSSR count). The molecule has 0 aliphatic carbocycles. The normalized spacial score (nSPS) is 17.8. The van der Waals surface area contributed by atoms with Crippen molar-refractivity contribution in [2.24, 2.45) is 0 Å². The Morgan fingerprint density at radius 3 is 2.48 bits per heavy atom. The number of halogens is 1. The van der Waals surface area contributed by atoms with Crippen molar-refractivity contribution in [3.8, 4) is 0 Å². The SMILES string of the molecule is C[C@H]1c2nc3ccccc3n2[C@@H](CC(=O)Nc2ccccc2Cl)C(=O)N1Cc1ccccc1. The topological polar surface area (TPSA) is 67.2 Å². The molecule has 4 aromatic rings. The number of benzene rings is 3. The standard InChI is InChI=1S/C26H23ClN4O2/c1-17-25-29-21-13-7-8-14-22(21)31(25)23(15-24(32)28-20-12-6-5-11-19(20)27)26(33)30(17)16-18-9-3-2-4-10-18/h2-14,17,23H,15-16H2,1H3,(H,28,32)/t17-,23-/m0/s1. The van der Waals surface area contributed by atoms with E-state index in [-0.39, 0.29) is 24.3 Å². The highest BCUT2D eigenvalue weighted by Gasteiger charge is 2.40. The van der Waals surface area contributed by atoms with E-state index in [0.29, 0.717) is 17.3 Å². The third kappa shape index (κ3) is 3.98. The monoisotopic (exact) mass is 458 g/mol. The second-order valence-corrected chi connectivity index (χ2v) is 8.61. The number of carbonyl (C=O) groups is 2. The molecule has 1 N–H and O–H groups in total. The van der Waals surface area contributed by atoms with Gasteiger partial charge in [0, 0.05) is 6.54 Å². The van der Waals surface area contributed by atoms with Gasteiger partial charge in [0.25, 0.3) is 0 Å². The van der Waals surface area contributed by atoms with Crippen LogP contribution in [0.2, 0.25) is 5.02 Å². The van der Waals surface area contributed by atoms with Crippen LogP contribution < -0.4 is 5.32 Å². The van der Waals surface area contributed by atoms with Crippen LogP contribution in [0, 0.1) is 0 Å². The second-order valence-electron chi connectivity index (χ2n) is 8.20. The number of nitrogens with zero attached hydrogens (tertiary/aromatic N) is 3. The first-order chi connectivity index (χ1) is 16.0. The fraction of sp³-hybridized carbons (Fsp3) is 0.192. The van der Waals surface area contributed by atoms with Crippen molar-refractivity contribution >= 4 is 40.1 Å². The van der Waals surface area contributed by atoms with E-state index in [2.05, 4.69) is 5.32 Å². The molecule has 0 unspecified atom stereocenters. The molecule has 7 heteroatoms. The Morgan fingerprint density at radius 2 is 1.70 bits per heavy atom. The summed E-state index contributed by atoms with van der Waals surface area (Å²) in [5.41, 5.74) is 3.21. The van der Waals surface area contributed by atoms with Crippen LogP contribution >= 0.6 is 11.6 Å². The third-order valence-electron chi connectivity index (χ3n) is 6.07. The van der Waals surface area contributed by atoms with Crippen molar-refractivity contribution in [2.45, 2.75) is 32.0 Å². The summed E-state index contributed by atoms with van der Waals surface area (Å²) in [6.45, 7) is 2.44. The molecule has 0 spiro atoms. The molecule has 2 atom stereocenters. The summed E-state index contributed by atoms with van der Waals surface area (Å²) in [4.78, 5) is 33.4. The van der Waals surface area contributed by atoms with Gasteiger partial charge < -0.3 is 14.8 Å². The van der Waals surface area contributed by atoms with E-state index >= 15 is 0 Å². The van der Waals surface area contributed by atoms with Crippen LogP contribution in [0.4, 0.5) is 5.69 Å². The van der Waals surface area contributed by atoms with Crippen LogP contribution in [0.5, 0.6) is 0 Å². The lowest BCUT2D eigenvalue weighted by atomic mass is 10.0. The predicted octanol–water partition coefficient (Wildman–Crippen LogP) is 5.36. The van der Waals surface area contributed by atoms with Gasteiger partial charge in [-0.2, -0.15) is 0 Å². The molecular weight excluding hydrogens is 436 g/mol. The lowest BCUT2D eigenvalue weighted by molar-refractivity contribution is -0.142. The summed E-state index contributed by atoms with van der Waals surface area (Å²) in [6.07, 6.45) is -0.0184. The maximum absolute atomic E-state index is 13.8. The van der Waals surface area contributed by atoms with Gasteiger partial charge in [-0.1, -0.05) is 66.2 Å². The number of aromatic nitrogens is 2. The number of anilines is 1. The molecule has 0 fully saturated rings. The van der Waals surface area contributed by atoms with E-state index in [1.165, 1.54) is 0 Å². The van der Waals surface area contributed by atoms with Crippen molar-refractivity contribution in [2.75, 3.05) is 5.32 Å². The van der Waals surface area contributed by atoms with E-state index in [0.717, 1.165) is 22.4 Å². The van der Waals surface area contributed by atoms with Gasteiger partial charge >= 0.3 is 0 Å². The Balaban J connectivity index is 1.52. The van der Waals surface area contributed by atoms with Crippen molar-refractivity contribution in [1.29, 1.82) is 0 Å². The Labute approximate surface area is 196 Å². The van der Waals surface area contributed by atoms with Crippen LogP contribution in [-0.2, 0) is 16.1 Å². The zero-order valence-electron chi connectivity index (χ0n) is 18.1. The van der Waals surface area contributed by atoms with Gasteiger partial charge in [0.1, 0.15) is 11.9 Å². The Hall–Kier alpha value is -3.64. The molecule has 1 aliphatic heterocycles. The molecule has 0 saturated heterocycles. The summed E-state index contributed by atoms with van der Waals surface area (Å²) in [7, 11) is 0. The molecule has 33 heavy (non-hydrogen) atoms. The molecule has 1 aliphatic rings. The first-order valence-electron chi connectivity index (χ1n) is 10.9. The van der Waals surface area contributed by atoms with Gasteiger partial charge in [-0.05, 0) is 36.8 Å². The molecular formula is C26H23ClN4O2.